The van der Waals surface area contributed by atoms with Crippen molar-refractivity contribution in [1.82, 2.24) is 10.6 Å². The van der Waals surface area contributed by atoms with Gasteiger partial charge >= 0.3 is 0 Å². The number of fused-ring (bicyclic) bond motifs is 1. The summed E-state index contributed by atoms with van der Waals surface area (Å²) in [5.41, 5.74) is 0.824. The van der Waals surface area contributed by atoms with Crippen LogP contribution in [0.1, 0.15) is 16.8 Å². The van der Waals surface area contributed by atoms with Crippen molar-refractivity contribution >= 4 is 41.5 Å². The number of hydrogen-bond acceptors (Lipinski definition) is 4. The first kappa shape index (κ1) is 22.7. The third-order valence-corrected chi connectivity index (χ3v) is 4.06. The van der Waals surface area contributed by atoms with E-state index in [2.05, 4.69) is 20.9 Å². The van der Waals surface area contributed by atoms with Gasteiger partial charge in [0.25, 0.3) is 5.91 Å². The molecular weight excluding hydrogens is 490 g/mol. The van der Waals surface area contributed by atoms with E-state index in [4.69, 9.17) is 9.47 Å². The van der Waals surface area contributed by atoms with Crippen LogP contribution in [0.25, 0.3) is 0 Å². The molecule has 9 heteroatoms. The molecule has 0 aliphatic carbocycles. The number of anilines is 1. The van der Waals surface area contributed by atoms with E-state index in [-0.39, 0.29) is 29.5 Å². The molecule has 0 spiro atoms. The minimum Gasteiger partial charge on any atom is -0.490 e. The lowest BCUT2D eigenvalue weighted by Gasteiger charge is -2.14. The molecule has 3 N–H and O–H groups in total. The van der Waals surface area contributed by atoms with E-state index in [9.17, 15) is 9.18 Å². The second kappa shape index (κ2) is 11.4. The Kier molecular flexibility index (Phi) is 8.97. The lowest BCUT2D eigenvalue weighted by molar-refractivity contribution is 0.0950. The Morgan fingerprint density at radius 1 is 1.07 bits per heavy atom. The van der Waals surface area contributed by atoms with Crippen LogP contribution in [-0.2, 0) is 0 Å². The quantitative estimate of drug-likeness (QED) is 0.247. The smallest absolute Gasteiger partial charge is 0.254 e. The van der Waals surface area contributed by atoms with E-state index >= 15 is 0 Å². The van der Waals surface area contributed by atoms with Gasteiger partial charge in [0, 0.05) is 38.3 Å². The zero-order valence-corrected chi connectivity index (χ0v) is 18.4. The summed E-state index contributed by atoms with van der Waals surface area (Å²) in [4.78, 5) is 16.1. The molecule has 0 radical (unpaired) electrons. The third kappa shape index (κ3) is 6.48. The molecule has 2 aromatic carbocycles. The molecule has 3 rings (SSSR count). The van der Waals surface area contributed by atoms with Gasteiger partial charge in [-0.3, -0.25) is 9.79 Å². The lowest BCUT2D eigenvalue weighted by atomic mass is 10.2. The molecular formula is C20H24FIN4O3. The Hall–Kier alpha value is -2.56. The zero-order chi connectivity index (χ0) is 19.8. The summed E-state index contributed by atoms with van der Waals surface area (Å²) in [6, 6.07) is 11.5. The highest BCUT2D eigenvalue weighted by Gasteiger charge is 2.12. The number of halogens is 2. The minimum atomic E-state index is -0.542. The summed E-state index contributed by atoms with van der Waals surface area (Å²) in [5, 5.41) is 8.92. The summed E-state index contributed by atoms with van der Waals surface area (Å²) >= 11 is 0. The number of rotatable bonds is 5. The summed E-state index contributed by atoms with van der Waals surface area (Å²) in [7, 11) is 1.65. The van der Waals surface area contributed by atoms with E-state index in [1.165, 1.54) is 12.1 Å². The predicted molar refractivity (Wildman–Crippen MR) is 121 cm³/mol. The topological polar surface area (TPSA) is 84.0 Å². The molecule has 1 amide bonds. The molecule has 7 nitrogen and oxygen atoms in total. The first-order chi connectivity index (χ1) is 13.7. The van der Waals surface area contributed by atoms with Crippen LogP contribution in [0, 0.1) is 5.82 Å². The van der Waals surface area contributed by atoms with Crippen molar-refractivity contribution in [2.24, 2.45) is 4.99 Å². The third-order valence-electron chi connectivity index (χ3n) is 4.06. The molecule has 0 saturated heterocycles. The Morgan fingerprint density at radius 3 is 2.55 bits per heavy atom. The standard InChI is InChI=1S/C20H23FN4O3.HI/c1-22-20(24-10-9-23-19(26)15-5-2-3-6-16(15)21)25-14-7-8-17-18(13-14)28-12-4-11-27-17;/h2-3,5-8,13H,4,9-12H2,1H3,(H,23,26)(H2,22,24,25);1H. The van der Waals surface area contributed by atoms with Crippen molar-refractivity contribution < 1.29 is 18.7 Å². The zero-order valence-electron chi connectivity index (χ0n) is 16.0. The van der Waals surface area contributed by atoms with Gasteiger partial charge in [-0.2, -0.15) is 0 Å². The second-order valence-corrected chi connectivity index (χ2v) is 6.07. The molecule has 0 atom stereocenters. The Labute approximate surface area is 186 Å². The Morgan fingerprint density at radius 2 is 1.79 bits per heavy atom. The Balaban J connectivity index is 0.00000300. The van der Waals surface area contributed by atoms with Crippen LogP contribution >= 0.6 is 24.0 Å². The average molecular weight is 514 g/mol. The largest absolute Gasteiger partial charge is 0.490 e. The predicted octanol–water partition coefficient (Wildman–Crippen LogP) is 3.02. The number of nitrogens with one attached hydrogen (secondary N) is 3. The first-order valence-electron chi connectivity index (χ1n) is 9.07. The first-order valence-corrected chi connectivity index (χ1v) is 9.07. The van der Waals surface area contributed by atoms with E-state index in [1.54, 1.807) is 19.2 Å². The van der Waals surface area contributed by atoms with Gasteiger partial charge in [0.1, 0.15) is 5.82 Å². The fourth-order valence-electron chi connectivity index (χ4n) is 2.65. The van der Waals surface area contributed by atoms with E-state index in [0.717, 1.165) is 17.9 Å². The van der Waals surface area contributed by atoms with Crippen LogP contribution in [0.3, 0.4) is 0 Å². The van der Waals surface area contributed by atoms with Crippen molar-refractivity contribution in [2.45, 2.75) is 6.42 Å². The van der Waals surface area contributed by atoms with Crippen molar-refractivity contribution in [3.05, 3.63) is 53.8 Å². The van der Waals surface area contributed by atoms with Gasteiger partial charge in [0.2, 0.25) is 0 Å². The number of amides is 1. The van der Waals surface area contributed by atoms with Crippen LogP contribution < -0.4 is 25.4 Å². The number of guanidine groups is 1. The summed E-state index contributed by atoms with van der Waals surface area (Å²) in [6.07, 6.45) is 0.846. The van der Waals surface area contributed by atoms with Crippen LogP contribution in [0.15, 0.2) is 47.5 Å². The normalized spacial score (nSPS) is 13.0. The molecule has 0 aromatic heterocycles. The van der Waals surface area contributed by atoms with E-state index in [0.29, 0.717) is 38.0 Å². The molecule has 1 aliphatic heterocycles. The fourth-order valence-corrected chi connectivity index (χ4v) is 2.65. The number of ether oxygens (including phenoxy) is 2. The molecule has 0 unspecified atom stereocenters. The van der Waals surface area contributed by atoms with Crippen molar-refractivity contribution in [3.63, 3.8) is 0 Å². The van der Waals surface area contributed by atoms with Crippen molar-refractivity contribution in [3.8, 4) is 11.5 Å². The lowest BCUT2D eigenvalue weighted by Crippen LogP contribution is -2.38. The van der Waals surface area contributed by atoms with Gasteiger partial charge < -0.3 is 25.4 Å². The maximum atomic E-state index is 13.6. The number of carbonyl (C=O) groups excluding carboxylic acids is 1. The van der Waals surface area contributed by atoms with Crippen molar-refractivity contribution in [1.29, 1.82) is 0 Å². The highest BCUT2D eigenvalue weighted by atomic mass is 127. The monoisotopic (exact) mass is 514 g/mol. The van der Waals surface area contributed by atoms with Gasteiger partial charge in [-0.05, 0) is 24.3 Å². The van der Waals surface area contributed by atoms with Gasteiger partial charge in [-0.1, -0.05) is 12.1 Å². The molecule has 2 aromatic rings. The number of hydrogen-bond donors (Lipinski definition) is 3. The summed E-state index contributed by atoms with van der Waals surface area (Å²) in [5.74, 6) is 0.956. The van der Waals surface area contributed by atoms with Crippen LogP contribution in [-0.4, -0.2) is 45.2 Å². The molecule has 1 heterocycles. The number of aliphatic imine (C=N–C) groups is 1. The SMILES string of the molecule is CN=C(NCCNC(=O)c1ccccc1F)Nc1ccc2c(c1)OCCCO2.I. The van der Waals surface area contributed by atoms with Crippen molar-refractivity contribution in [2.75, 3.05) is 38.7 Å². The molecule has 0 bridgehead atoms. The highest BCUT2D eigenvalue weighted by Crippen LogP contribution is 2.32. The molecule has 1 aliphatic rings. The van der Waals surface area contributed by atoms with Gasteiger partial charge in [-0.25, -0.2) is 4.39 Å². The average Bonchev–Trinajstić information content (AvgIpc) is 2.95. The maximum absolute atomic E-state index is 13.6. The molecule has 0 saturated carbocycles. The van der Waals surface area contributed by atoms with Gasteiger partial charge in [0.15, 0.2) is 17.5 Å². The fraction of sp³-hybridized carbons (Fsp3) is 0.300. The van der Waals surface area contributed by atoms with E-state index < -0.39 is 11.7 Å². The van der Waals surface area contributed by atoms with Crippen LogP contribution in [0.2, 0.25) is 0 Å². The highest BCUT2D eigenvalue weighted by molar-refractivity contribution is 14.0. The summed E-state index contributed by atoms with van der Waals surface area (Å²) in [6.45, 7) is 1.99. The van der Waals surface area contributed by atoms with Gasteiger partial charge in [0.05, 0.1) is 18.8 Å². The minimum absolute atomic E-state index is 0. The van der Waals surface area contributed by atoms with Gasteiger partial charge in [-0.15, -0.1) is 24.0 Å². The summed E-state index contributed by atoms with van der Waals surface area (Å²) < 4.78 is 24.9. The number of nitrogens with zero attached hydrogens (tertiary/aromatic N) is 1. The molecule has 156 valence electrons. The molecule has 29 heavy (non-hydrogen) atoms. The Bertz CT molecular complexity index is 863. The van der Waals surface area contributed by atoms with E-state index in [1.807, 2.05) is 18.2 Å². The second-order valence-electron chi connectivity index (χ2n) is 6.07. The number of benzene rings is 2. The van der Waals surface area contributed by atoms with Crippen LogP contribution in [0.4, 0.5) is 10.1 Å². The maximum Gasteiger partial charge on any atom is 0.254 e. The number of carbonyl (C=O) groups is 1. The van der Waals surface area contributed by atoms with Crippen LogP contribution in [0.5, 0.6) is 11.5 Å². The molecule has 0 fully saturated rings.